The Labute approximate surface area is 83.7 Å². The largest absolute Gasteiger partial charge is 0.392 e. The van der Waals surface area contributed by atoms with E-state index in [0.29, 0.717) is 17.6 Å². The van der Waals surface area contributed by atoms with E-state index in [1.54, 1.807) is 0 Å². The van der Waals surface area contributed by atoms with Gasteiger partial charge in [0.05, 0.1) is 6.10 Å². The first-order chi connectivity index (χ1) is 6.51. The van der Waals surface area contributed by atoms with E-state index in [2.05, 4.69) is 13.8 Å². The van der Waals surface area contributed by atoms with Crippen molar-refractivity contribution in [1.29, 1.82) is 0 Å². The Hall–Kier alpha value is -0.370. The molecule has 4 unspecified atom stereocenters. The van der Waals surface area contributed by atoms with Crippen molar-refractivity contribution < 1.29 is 9.90 Å². The Kier molecular flexibility index (Phi) is 0.959. The zero-order chi connectivity index (χ0) is 9.88. The Morgan fingerprint density at radius 2 is 1.93 bits per heavy atom. The SMILES string of the molecule is C[C@@]12CC3C[C@]1(C)C1C(=O)C3[C@@H](O)C12. The van der Waals surface area contributed by atoms with Crippen molar-refractivity contribution in [3.05, 3.63) is 0 Å². The van der Waals surface area contributed by atoms with Crippen molar-refractivity contribution >= 4 is 5.78 Å². The fourth-order valence-corrected chi connectivity index (χ4v) is 5.72. The molecule has 0 radical (unpaired) electrons. The summed E-state index contributed by atoms with van der Waals surface area (Å²) < 4.78 is 0. The van der Waals surface area contributed by atoms with Gasteiger partial charge >= 0.3 is 0 Å². The zero-order valence-corrected chi connectivity index (χ0v) is 8.66. The van der Waals surface area contributed by atoms with Crippen LogP contribution in [0.3, 0.4) is 0 Å². The van der Waals surface area contributed by atoms with Gasteiger partial charge in [0, 0.05) is 17.8 Å². The summed E-state index contributed by atoms with van der Waals surface area (Å²) in [7, 11) is 0. The first kappa shape index (κ1) is 7.86. The lowest BCUT2D eigenvalue weighted by Crippen LogP contribution is -2.61. The van der Waals surface area contributed by atoms with E-state index in [1.165, 1.54) is 12.8 Å². The van der Waals surface area contributed by atoms with Crippen LogP contribution in [0.2, 0.25) is 0 Å². The number of aliphatic hydroxyl groups is 1. The van der Waals surface area contributed by atoms with Gasteiger partial charge in [-0.15, -0.1) is 0 Å². The van der Waals surface area contributed by atoms with Crippen LogP contribution in [0.1, 0.15) is 26.7 Å². The van der Waals surface area contributed by atoms with E-state index in [9.17, 15) is 9.90 Å². The minimum Gasteiger partial charge on any atom is -0.392 e. The summed E-state index contributed by atoms with van der Waals surface area (Å²) in [5.41, 5.74) is 0.526. The third-order valence-corrected chi connectivity index (χ3v) is 6.34. The Balaban J connectivity index is 1.99. The molecule has 5 aliphatic carbocycles. The molecule has 0 aromatic carbocycles. The Bertz CT molecular complexity index is 361. The van der Waals surface area contributed by atoms with Crippen LogP contribution in [-0.2, 0) is 4.79 Å². The molecule has 0 amide bonds. The molecule has 14 heavy (non-hydrogen) atoms. The highest BCUT2D eigenvalue weighted by molar-refractivity contribution is 5.91. The van der Waals surface area contributed by atoms with Crippen molar-refractivity contribution in [2.24, 2.45) is 34.5 Å². The van der Waals surface area contributed by atoms with Gasteiger partial charge in [-0.25, -0.2) is 0 Å². The lowest BCUT2D eigenvalue weighted by molar-refractivity contribution is -0.183. The normalized spacial score (nSPS) is 72.8. The molecule has 6 bridgehead atoms. The molecule has 2 nitrogen and oxygen atoms in total. The van der Waals surface area contributed by atoms with Gasteiger partial charge in [0.25, 0.3) is 0 Å². The van der Waals surface area contributed by atoms with Crippen LogP contribution in [0.4, 0.5) is 0 Å². The maximum atomic E-state index is 12.1. The third-order valence-electron chi connectivity index (χ3n) is 6.34. The van der Waals surface area contributed by atoms with Crippen molar-refractivity contribution in [2.75, 3.05) is 0 Å². The second-order valence-corrected chi connectivity index (χ2v) is 6.43. The molecule has 0 aromatic rings. The number of Topliss-reactive ketones (excluding diaryl/α,β-unsaturated/α-hetero) is 1. The van der Waals surface area contributed by atoms with E-state index in [4.69, 9.17) is 0 Å². The third kappa shape index (κ3) is 0.440. The summed E-state index contributed by atoms with van der Waals surface area (Å²) in [4.78, 5) is 12.1. The molecule has 0 heterocycles. The Morgan fingerprint density at radius 3 is 2.64 bits per heavy atom. The van der Waals surface area contributed by atoms with Gasteiger partial charge < -0.3 is 5.11 Å². The van der Waals surface area contributed by atoms with Crippen LogP contribution < -0.4 is 0 Å². The number of ketones is 1. The van der Waals surface area contributed by atoms with E-state index >= 15 is 0 Å². The number of carbonyl (C=O) groups excluding carboxylic acids is 1. The summed E-state index contributed by atoms with van der Waals surface area (Å²) in [5.74, 6) is 1.45. The van der Waals surface area contributed by atoms with Crippen molar-refractivity contribution in [1.82, 2.24) is 0 Å². The molecule has 1 N–H and O–H groups in total. The average molecular weight is 192 g/mol. The molecule has 7 atom stereocenters. The quantitative estimate of drug-likeness (QED) is 0.626. The highest BCUT2D eigenvalue weighted by Crippen LogP contribution is 2.82. The van der Waals surface area contributed by atoms with Gasteiger partial charge in [-0.3, -0.25) is 4.79 Å². The predicted molar refractivity (Wildman–Crippen MR) is 50.4 cm³/mol. The molecule has 76 valence electrons. The molecule has 5 rings (SSSR count). The fraction of sp³-hybridized carbons (Fsp3) is 0.917. The van der Waals surface area contributed by atoms with Crippen LogP contribution in [0, 0.1) is 34.5 Å². The van der Waals surface area contributed by atoms with Crippen LogP contribution in [0.15, 0.2) is 0 Å². The van der Waals surface area contributed by atoms with Gasteiger partial charge in [-0.2, -0.15) is 0 Å². The lowest BCUT2D eigenvalue weighted by atomic mass is 9.41. The number of aliphatic hydroxyl groups excluding tert-OH is 1. The molecular weight excluding hydrogens is 176 g/mol. The summed E-state index contributed by atoms with van der Waals surface area (Å²) >= 11 is 0. The molecule has 5 fully saturated rings. The second-order valence-electron chi connectivity index (χ2n) is 6.43. The van der Waals surface area contributed by atoms with E-state index in [1.807, 2.05) is 0 Å². The second kappa shape index (κ2) is 1.71. The standard InChI is InChI=1S/C12H16O2/c1-11-3-5-4-12(11,2)8-7(11)9(13)6(5)10(8)14/h5-9,13H,3-4H2,1-2H3/t5?,6?,7?,8?,9-,11+,12-/m1/s1. The van der Waals surface area contributed by atoms with Gasteiger partial charge in [0.15, 0.2) is 0 Å². The van der Waals surface area contributed by atoms with Gasteiger partial charge in [0.1, 0.15) is 5.78 Å². The molecule has 0 aliphatic heterocycles. The van der Waals surface area contributed by atoms with Gasteiger partial charge in [-0.1, -0.05) is 13.8 Å². The number of rotatable bonds is 0. The highest BCUT2D eigenvalue weighted by Gasteiger charge is 2.83. The van der Waals surface area contributed by atoms with Crippen LogP contribution in [0.25, 0.3) is 0 Å². The van der Waals surface area contributed by atoms with Crippen LogP contribution >= 0.6 is 0 Å². The zero-order valence-electron chi connectivity index (χ0n) is 8.66. The number of hydrogen-bond acceptors (Lipinski definition) is 2. The number of hydrogen-bond donors (Lipinski definition) is 1. The minimum atomic E-state index is -0.299. The molecule has 5 aliphatic rings. The van der Waals surface area contributed by atoms with Crippen LogP contribution in [-0.4, -0.2) is 17.0 Å². The smallest absolute Gasteiger partial charge is 0.142 e. The minimum absolute atomic E-state index is 0.0219. The predicted octanol–water partition coefficient (Wildman–Crippen LogP) is 1.23. The number of carbonyl (C=O) groups is 1. The average Bonchev–Trinajstić information content (AvgIpc) is 2.28. The van der Waals surface area contributed by atoms with Gasteiger partial charge in [0.2, 0.25) is 0 Å². The van der Waals surface area contributed by atoms with Crippen molar-refractivity contribution in [3.63, 3.8) is 0 Å². The van der Waals surface area contributed by atoms with E-state index in [-0.39, 0.29) is 28.8 Å². The first-order valence-corrected chi connectivity index (χ1v) is 5.72. The molecule has 0 aromatic heterocycles. The maximum Gasteiger partial charge on any atom is 0.142 e. The molecular formula is C12H16O2. The maximum absolute atomic E-state index is 12.1. The molecule has 0 spiro atoms. The first-order valence-electron chi connectivity index (χ1n) is 5.72. The van der Waals surface area contributed by atoms with E-state index in [0.717, 1.165) is 0 Å². The molecule has 5 saturated carbocycles. The topological polar surface area (TPSA) is 37.3 Å². The summed E-state index contributed by atoms with van der Waals surface area (Å²) in [5, 5.41) is 10.1. The highest BCUT2D eigenvalue weighted by atomic mass is 16.3. The summed E-state index contributed by atoms with van der Waals surface area (Å²) in [6.07, 6.45) is 2.09. The monoisotopic (exact) mass is 192 g/mol. The lowest BCUT2D eigenvalue weighted by Gasteiger charge is -2.62. The molecule has 0 saturated heterocycles. The molecule has 2 heteroatoms. The van der Waals surface area contributed by atoms with Crippen molar-refractivity contribution in [2.45, 2.75) is 32.8 Å². The van der Waals surface area contributed by atoms with E-state index < -0.39 is 0 Å². The van der Waals surface area contributed by atoms with Crippen LogP contribution in [0.5, 0.6) is 0 Å². The summed E-state index contributed by atoms with van der Waals surface area (Å²) in [6.45, 7) is 4.58. The summed E-state index contributed by atoms with van der Waals surface area (Å²) in [6, 6.07) is 0. The van der Waals surface area contributed by atoms with Crippen molar-refractivity contribution in [3.8, 4) is 0 Å². The Morgan fingerprint density at radius 1 is 1.29 bits per heavy atom. The fourth-order valence-electron chi connectivity index (χ4n) is 5.72. The van der Waals surface area contributed by atoms with Gasteiger partial charge in [-0.05, 0) is 29.6 Å².